The van der Waals surface area contributed by atoms with E-state index in [0.717, 1.165) is 30.4 Å². The molecule has 3 aromatic carbocycles. The second-order valence-electron chi connectivity index (χ2n) is 9.39. The third-order valence-corrected chi connectivity index (χ3v) is 6.42. The maximum Gasteiger partial charge on any atom is 0.343 e. The Kier molecular flexibility index (Phi) is 14.5. The highest BCUT2D eigenvalue weighted by molar-refractivity contribution is 5.95. The Morgan fingerprint density at radius 3 is 1.74 bits per heavy atom. The molecule has 1 atom stereocenters. The summed E-state index contributed by atoms with van der Waals surface area (Å²) in [5.41, 5.74) is 4.48. The van der Waals surface area contributed by atoms with E-state index in [-0.39, 0.29) is 19.0 Å². The van der Waals surface area contributed by atoms with Crippen molar-refractivity contribution in [2.45, 2.75) is 52.9 Å². The molecule has 0 bridgehead atoms. The van der Waals surface area contributed by atoms with Crippen molar-refractivity contribution in [2.75, 3.05) is 20.8 Å². The topological polar surface area (TPSA) is 105 Å². The van der Waals surface area contributed by atoms with E-state index in [2.05, 4.69) is 35.9 Å². The normalized spacial score (nSPS) is 10.9. The number of methoxy groups -OCH3 is 2. The molecule has 8 heteroatoms. The van der Waals surface area contributed by atoms with E-state index < -0.39 is 23.8 Å². The lowest BCUT2D eigenvalue weighted by molar-refractivity contribution is -0.160. The Morgan fingerprint density at radius 2 is 1.26 bits per heavy atom. The van der Waals surface area contributed by atoms with Crippen LogP contribution in [-0.4, -0.2) is 44.7 Å². The Morgan fingerprint density at radius 1 is 0.690 bits per heavy atom. The molecule has 0 fully saturated rings. The summed E-state index contributed by atoms with van der Waals surface area (Å²) in [6.45, 7) is 6.13. The molecule has 3 rings (SSSR count). The lowest BCUT2D eigenvalue weighted by atomic mass is 9.98. The lowest BCUT2D eigenvalue weighted by Crippen LogP contribution is -2.29. The molecule has 8 nitrogen and oxygen atoms in total. The summed E-state index contributed by atoms with van der Waals surface area (Å²) in [6.07, 6.45) is 3.19. The van der Waals surface area contributed by atoms with E-state index in [0.29, 0.717) is 23.3 Å². The van der Waals surface area contributed by atoms with Gasteiger partial charge in [-0.05, 0) is 65.8 Å². The Balaban J connectivity index is 0.000000928. The van der Waals surface area contributed by atoms with Gasteiger partial charge in [-0.25, -0.2) is 4.79 Å². The van der Waals surface area contributed by atoms with Crippen LogP contribution in [0.2, 0.25) is 0 Å². The third-order valence-electron chi connectivity index (χ3n) is 6.42. The van der Waals surface area contributed by atoms with Crippen LogP contribution >= 0.6 is 0 Å². The SMILES string of the molecule is CCC(=O)OC.CCCCOC(=O)C(Cc1ccc(C(=O)Oc2ccc(-c3ccc(CC)cc3)cc2)cc1)C(=O)OC. The van der Waals surface area contributed by atoms with Crippen LogP contribution in [0.3, 0.4) is 0 Å². The number of hydrogen-bond donors (Lipinski definition) is 0. The molecule has 0 saturated carbocycles. The molecule has 0 aromatic heterocycles. The predicted octanol–water partition coefficient (Wildman–Crippen LogP) is 6.38. The summed E-state index contributed by atoms with van der Waals surface area (Å²) in [5, 5.41) is 0. The van der Waals surface area contributed by atoms with Gasteiger partial charge in [-0.15, -0.1) is 0 Å². The standard InChI is InChI=1S/C30H32O6.C4H8O2/c1-4-6-19-35-30(33)27(29(32)34-3)20-22-9-13-25(14-10-22)28(31)36-26-17-15-24(16-18-26)23-11-7-21(5-2)8-12-23;1-3-4(5)6-2/h7-18,27H,4-6,19-20H2,1-3H3;3H2,1-2H3. The van der Waals surface area contributed by atoms with E-state index in [1.807, 2.05) is 19.1 Å². The summed E-state index contributed by atoms with van der Waals surface area (Å²) in [6, 6.07) is 22.3. The number of rotatable bonds is 12. The Labute approximate surface area is 247 Å². The van der Waals surface area contributed by atoms with Gasteiger partial charge in [0.15, 0.2) is 5.92 Å². The van der Waals surface area contributed by atoms with Crippen LogP contribution in [0.15, 0.2) is 72.8 Å². The summed E-state index contributed by atoms with van der Waals surface area (Å²) in [4.78, 5) is 47.0. The second kappa shape index (κ2) is 18.1. The smallest absolute Gasteiger partial charge is 0.343 e. The quantitative estimate of drug-likeness (QED) is 0.0804. The highest BCUT2D eigenvalue weighted by atomic mass is 16.6. The van der Waals surface area contributed by atoms with Crippen molar-refractivity contribution in [1.82, 2.24) is 0 Å². The number of ether oxygens (including phenoxy) is 4. The number of carbonyl (C=O) groups excluding carboxylic acids is 4. The Hall–Kier alpha value is -4.46. The maximum atomic E-state index is 12.6. The van der Waals surface area contributed by atoms with Gasteiger partial charge in [0.25, 0.3) is 0 Å². The summed E-state index contributed by atoms with van der Waals surface area (Å²) >= 11 is 0. The van der Waals surface area contributed by atoms with Crippen LogP contribution < -0.4 is 4.74 Å². The van der Waals surface area contributed by atoms with Gasteiger partial charge in [0.1, 0.15) is 5.75 Å². The number of hydrogen-bond acceptors (Lipinski definition) is 8. The lowest BCUT2D eigenvalue weighted by Gasteiger charge is -2.14. The van der Waals surface area contributed by atoms with E-state index in [1.54, 1.807) is 43.3 Å². The van der Waals surface area contributed by atoms with Crippen LogP contribution in [0.4, 0.5) is 0 Å². The minimum atomic E-state index is -1.05. The van der Waals surface area contributed by atoms with E-state index >= 15 is 0 Å². The predicted molar refractivity (Wildman–Crippen MR) is 160 cm³/mol. The first kappa shape index (κ1) is 33.7. The molecule has 224 valence electrons. The summed E-state index contributed by atoms with van der Waals surface area (Å²) in [7, 11) is 2.62. The van der Waals surface area contributed by atoms with Gasteiger partial charge >= 0.3 is 23.9 Å². The Bertz CT molecular complexity index is 1270. The van der Waals surface area contributed by atoms with E-state index in [1.165, 1.54) is 19.8 Å². The molecule has 0 N–H and O–H groups in total. The fraction of sp³-hybridized carbons (Fsp3) is 0.353. The number of aryl methyl sites for hydroxylation is 1. The van der Waals surface area contributed by atoms with Crippen LogP contribution in [-0.2, 0) is 41.4 Å². The van der Waals surface area contributed by atoms with Gasteiger partial charge in [-0.1, -0.05) is 75.7 Å². The molecule has 0 spiro atoms. The molecule has 1 unspecified atom stereocenters. The molecule has 0 heterocycles. The maximum absolute atomic E-state index is 12.6. The molecular formula is C34H40O8. The van der Waals surface area contributed by atoms with Crippen molar-refractivity contribution in [3.8, 4) is 16.9 Å². The number of benzene rings is 3. The van der Waals surface area contributed by atoms with Crippen LogP contribution in [0.5, 0.6) is 5.75 Å². The molecule has 3 aromatic rings. The minimum absolute atomic E-state index is 0.119. The van der Waals surface area contributed by atoms with Crippen molar-refractivity contribution < 1.29 is 38.1 Å². The second-order valence-corrected chi connectivity index (χ2v) is 9.39. The highest BCUT2D eigenvalue weighted by Gasteiger charge is 2.29. The molecule has 0 saturated heterocycles. The molecule has 0 aliphatic heterocycles. The van der Waals surface area contributed by atoms with Gasteiger partial charge in [0.2, 0.25) is 0 Å². The van der Waals surface area contributed by atoms with Gasteiger partial charge in [0.05, 0.1) is 26.4 Å². The average molecular weight is 577 g/mol. The first-order valence-corrected chi connectivity index (χ1v) is 14.1. The number of esters is 4. The minimum Gasteiger partial charge on any atom is -0.469 e. The molecule has 42 heavy (non-hydrogen) atoms. The summed E-state index contributed by atoms with van der Waals surface area (Å²) in [5.74, 6) is -2.52. The van der Waals surface area contributed by atoms with Gasteiger partial charge in [-0.2, -0.15) is 0 Å². The van der Waals surface area contributed by atoms with E-state index in [9.17, 15) is 19.2 Å². The molecule has 0 radical (unpaired) electrons. The monoisotopic (exact) mass is 576 g/mol. The first-order valence-electron chi connectivity index (χ1n) is 14.1. The zero-order valence-electron chi connectivity index (χ0n) is 25.0. The number of carbonyl (C=O) groups is 4. The molecule has 0 amide bonds. The zero-order chi connectivity index (χ0) is 30.9. The van der Waals surface area contributed by atoms with Gasteiger partial charge in [-0.3, -0.25) is 14.4 Å². The van der Waals surface area contributed by atoms with Crippen molar-refractivity contribution >= 4 is 23.9 Å². The molecule has 0 aliphatic rings. The fourth-order valence-corrected chi connectivity index (χ4v) is 3.79. The average Bonchev–Trinajstić information content (AvgIpc) is 3.03. The molecular weight excluding hydrogens is 536 g/mol. The van der Waals surface area contributed by atoms with Gasteiger partial charge < -0.3 is 18.9 Å². The van der Waals surface area contributed by atoms with Crippen molar-refractivity contribution in [1.29, 1.82) is 0 Å². The zero-order valence-corrected chi connectivity index (χ0v) is 25.0. The van der Waals surface area contributed by atoms with Crippen molar-refractivity contribution in [3.05, 3.63) is 89.5 Å². The van der Waals surface area contributed by atoms with Crippen molar-refractivity contribution in [3.63, 3.8) is 0 Å². The fourth-order valence-electron chi connectivity index (χ4n) is 3.79. The van der Waals surface area contributed by atoms with Crippen LogP contribution in [0, 0.1) is 5.92 Å². The third kappa shape index (κ3) is 10.8. The number of unbranched alkanes of at least 4 members (excludes halogenated alkanes) is 1. The van der Waals surface area contributed by atoms with Gasteiger partial charge in [0, 0.05) is 6.42 Å². The van der Waals surface area contributed by atoms with Crippen molar-refractivity contribution in [2.24, 2.45) is 5.92 Å². The first-order chi connectivity index (χ1) is 20.3. The van der Waals surface area contributed by atoms with Crippen LogP contribution in [0.25, 0.3) is 11.1 Å². The summed E-state index contributed by atoms with van der Waals surface area (Å²) < 4.78 is 19.7. The highest BCUT2D eigenvalue weighted by Crippen LogP contribution is 2.24. The largest absolute Gasteiger partial charge is 0.469 e. The molecule has 0 aliphatic carbocycles. The van der Waals surface area contributed by atoms with Crippen LogP contribution in [0.1, 0.15) is 61.5 Å². The van der Waals surface area contributed by atoms with E-state index in [4.69, 9.17) is 14.2 Å².